The summed E-state index contributed by atoms with van der Waals surface area (Å²) in [5.41, 5.74) is 4.93. The van der Waals surface area contributed by atoms with Crippen LogP contribution in [-0.2, 0) is 14.4 Å². The van der Waals surface area contributed by atoms with Crippen molar-refractivity contribution in [2.45, 2.75) is 38.6 Å². The van der Waals surface area contributed by atoms with Crippen LogP contribution in [0.25, 0.3) is 0 Å². The zero-order valence-corrected chi connectivity index (χ0v) is 9.81. The fourth-order valence-corrected chi connectivity index (χ4v) is 2.21. The monoisotopic (exact) mass is 242 g/mol. The van der Waals surface area contributed by atoms with Crippen LogP contribution in [-0.4, -0.2) is 28.9 Å². The number of carboxylic acids is 1. The van der Waals surface area contributed by atoms with Crippen LogP contribution in [0.3, 0.4) is 0 Å². The van der Waals surface area contributed by atoms with Crippen LogP contribution < -0.4 is 11.1 Å². The van der Waals surface area contributed by atoms with Gasteiger partial charge < -0.3 is 16.2 Å². The third-order valence-electron chi connectivity index (χ3n) is 3.22. The van der Waals surface area contributed by atoms with Gasteiger partial charge in [0.2, 0.25) is 11.8 Å². The van der Waals surface area contributed by atoms with Crippen LogP contribution in [0, 0.1) is 11.8 Å². The molecule has 0 aliphatic heterocycles. The second kappa shape index (κ2) is 5.65. The number of amides is 2. The largest absolute Gasteiger partial charge is 0.480 e. The van der Waals surface area contributed by atoms with Crippen LogP contribution >= 0.6 is 0 Å². The van der Waals surface area contributed by atoms with Crippen LogP contribution in [0.1, 0.15) is 32.6 Å². The topological polar surface area (TPSA) is 109 Å². The third-order valence-corrected chi connectivity index (χ3v) is 3.22. The molecule has 0 spiro atoms. The van der Waals surface area contributed by atoms with Gasteiger partial charge in [-0.3, -0.25) is 9.59 Å². The Balaban J connectivity index is 2.57. The molecule has 1 fully saturated rings. The first-order chi connectivity index (χ1) is 7.91. The smallest absolute Gasteiger partial charge is 0.326 e. The number of hydrogen-bond acceptors (Lipinski definition) is 3. The fourth-order valence-electron chi connectivity index (χ4n) is 2.21. The van der Waals surface area contributed by atoms with Gasteiger partial charge in [-0.25, -0.2) is 4.79 Å². The fraction of sp³-hybridized carbons (Fsp3) is 0.727. The summed E-state index contributed by atoms with van der Waals surface area (Å²) >= 11 is 0. The second-order valence-electron chi connectivity index (χ2n) is 4.58. The van der Waals surface area contributed by atoms with Crippen LogP contribution in [0.4, 0.5) is 0 Å². The number of hydrogen-bond donors (Lipinski definition) is 3. The maximum absolute atomic E-state index is 11.8. The lowest BCUT2D eigenvalue weighted by atomic mass is 9.97. The molecule has 0 saturated heterocycles. The average Bonchev–Trinajstić information content (AvgIpc) is 2.62. The van der Waals surface area contributed by atoms with E-state index in [2.05, 4.69) is 5.32 Å². The van der Waals surface area contributed by atoms with Gasteiger partial charge >= 0.3 is 5.97 Å². The molecule has 1 rings (SSSR count). The first kappa shape index (κ1) is 13.5. The highest BCUT2D eigenvalue weighted by Crippen LogP contribution is 2.31. The van der Waals surface area contributed by atoms with Crippen molar-refractivity contribution in [3.8, 4) is 0 Å². The molecule has 2 unspecified atom stereocenters. The van der Waals surface area contributed by atoms with Gasteiger partial charge in [0.05, 0.1) is 6.42 Å². The Kier molecular flexibility index (Phi) is 4.48. The highest BCUT2D eigenvalue weighted by molar-refractivity contribution is 5.89. The SMILES string of the molecule is CC1CCCC1C(=O)N[C@H](CC(N)=O)C(=O)O. The van der Waals surface area contributed by atoms with E-state index in [1.165, 1.54) is 0 Å². The molecule has 17 heavy (non-hydrogen) atoms. The van der Waals surface area contributed by atoms with E-state index >= 15 is 0 Å². The van der Waals surface area contributed by atoms with E-state index in [1.807, 2.05) is 6.92 Å². The average molecular weight is 242 g/mol. The molecule has 1 aliphatic rings. The minimum absolute atomic E-state index is 0.148. The quantitative estimate of drug-likeness (QED) is 0.623. The van der Waals surface area contributed by atoms with Crippen molar-refractivity contribution >= 4 is 17.8 Å². The number of rotatable bonds is 5. The van der Waals surface area contributed by atoms with Crippen molar-refractivity contribution in [3.63, 3.8) is 0 Å². The molecule has 0 aromatic heterocycles. The molecule has 0 aromatic carbocycles. The molecule has 6 nitrogen and oxygen atoms in total. The predicted octanol–water partition coefficient (Wildman–Crippen LogP) is -0.133. The molecule has 96 valence electrons. The molecule has 0 bridgehead atoms. The number of nitrogens with two attached hydrogens (primary N) is 1. The molecule has 4 N–H and O–H groups in total. The van der Waals surface area contributed by atoms with Crippen molar-refractivity contribution in [1.82, 2.24) is 5.32 Å². The highest BCUT2D eigenvalue weighted by Gasteiger charge is 2.32. The van der Waals surface area contributed by atoms with Crippen LogP contribution in [0.2, 0.25) is 0 Å². The van der Waals surface area contributed by atoms with Gasteiger partial charge in [0.25, 0.3) is 0 Å². The van der Waals surface area contributed by atoms with E-state index in [4.69, 9.17) is 10.8 Å². The third kappa shape index (κ3) is 3.72. The molecule has 1 aliphatic carbocycles. The van der Waals surface area contributed by atoms with Gasteiger partial charge in [0.15, 0.2) is 0 Å². The van der Waals surface area contributed by atoms with Crippen molar-refractivity contribution < 1.29 is 19.5 Å². The zero-order valence-electron chi connectivity index (χ0n) is 9.81. The Morgan fingerprint density at radius 1 is 1.41 bits per heavy atom. The highest BCUT2D eigenvalue weighted by atomic mass is 16.4. The standard InChI is InChI=1S/C11H18N2O4/c1-6-3-2-4-7(6)10(15)13-8(11(16)17)5-9(12)14/h6-8H,2-5H2,1H3,(H2,12,14)(H,13,15)(H,16,17)/t6?,7?,8-/m1/s1. The van der Waals surface area contributed by atoms with Gasteiger partial charge in [0.1, 0.15) is 6.04 Å². The van der Waals surface area contributed by atoms with E-state index in [0.717, 1.165) is 19.3 Å². The lowest BCUT2D eigenvalue weighted by Gasteiger charge is -2.18. The molecular weight excluding hydrogens is 224 g/mol. The van der Waals surface area contributed by atoms with Gasteiger partial charge in [-0.15, -0.1) is 0 Å². The summed E-state index contributed by atoms with van der Waals surface area (Å²) in [7, 11) is 0. The Hall–Kier alpha value is -1.59. The molecule has 0 radical (unpaired) electrons. The summed E-state index contributed by atoms with van der Waals surface area (Å²) < 4.78 is 0. The molecule has 2 amide bonds. The first-order valence-corrected chi connectivity index (χ1v) is 5.73. The van der Waals surface area contributed by atoms with Crippen LogP contribution in [0.5, 0.6) is 0 Å². The molecule has 1 saturated carbocycles. The lowest BCUT2D eigenvalue weighted by Crippen LogP contribution is -2.46. The number of carboxylic acid groups (broad SMARTS) is 1. The van der Waals surface area contributed by atoms with E-state index in [0.29, 0.717) is 0 Å². The van der Waals surface area contributed by atoms with E-state index in [-0.39, 0.29) is 24.2 Å². The van der Waals surface area contributed by atoms with Gasteiger partial charge in [-0.1, -0.05) is 13.3 Å². The molecule has 3 atom stereocenters. The molecular formula is C11H18N2O4. The summed E-state index contributed by atoms with van der Waals surface area (Å²) in [6.07, 6.45) is 2.36. The number of aliphatic carboxylic acids is 1. The summed E-state index contributed by atoms with van der Waals surface area (Å²) in [5.74, 6) is -2.15. The number of carbonyl (C=O) groups excluding carboxylic acids is 2. The van der Waals surface area contributed by atoms with Crippen molar-refractivity contribution in [3.05, 3.63) is 0 Å². The summed E-state index contributed by atoms with van der Waals surface area (Å²) in [6, 6.07) is -1.22. The Bertz CT molecular complexity index is 329. The van der Waals surface area contributed by atoms with Gasteiger partial charge in [-0.05, 0) is 18.8 Å². The van der Waals surface area contributed by atoms with Crippen molar-refractivity contribution in [1.29, 1.82) is 0 Å². The molecule has 0 heterocycles. The van der Waals surface area contributed by atoms with E-state index in [1.54, 1.807) is 0 Å². The lowest BCUT2D eigenvalue weighted by molar-refractivity contribution is -0.144. The molecule has 6 heteroatoms. The zero-order chi connectivity index (χ0) is 13.0. The maximum Gasteiger partial charge on any atom is 0.326 e. The number of primary amides is 1. The molecule has 0 aromatic rings. The van der Waals surface area contributed by atoms with E-state index < -0.39 is 17.9 Å². The Labute approximate surface area is 99.6 Å². The summed E-state index contributed by atoms with van der Waals surface area (Å²) in [5, 5.41) is 11.2. The second-order valence-corrected chi connectivity index (χ2v) is 4.58. The van der Waals surface area contributed by atoms with E-state index in [9.17, 15) is 14.4 Å². The van der Waals surface area contributed by atoms with Crippen molar-refractivity contribution in [2.24, 2.45) is 17.6 Å². The Morgan fingerprint density at radius 3 is 2.47 bits per heavy atom. The Morgan fingerprint density at radius 2 is 2.06 bits per heavy atom. The van der Waals surface area contributed by atoms with Gasteiger partial charge in [0, 0.05) is 5.92 Å². The predicted molar refractivity (Wildman–Crippen MR) is 59.9 cm³/mol. The normalized spacial score (nSPS) is 25.2. The number of nitrogens with one attached hydrogen (secondary N) is 1. The minimum Gasteiger partial charge on any atom is -0.480 e. The van der Waals surface area contributed by atoms with Crippen LogP contribution in [0.15, 0.2) is 0 Å². The van der Waals surface area contributed by atoms with Crippen molar-refractivity contribution in [2.75, 3.05) is 0 Å². The van der Waals surface area contributed by atoms with Gasteiger partial charge in [-0.2, -0.15) is 0 Å². The number of carbonyl (C=O) groups is 3. The maximum atomic E-state index is 11.8. The summed E-state index contributed by atoms with van der Waals surface area (Å²) in [6.45, 7) is 1.97. The summed E-state index contributed by atoms with van der Waals surface area (Å²) in [4.78, 5) is 33.4. The first-order valence-electron chi connectivity index (χ1n) is 5.73. The minimum atomic E-state index is -1.23.